The van der Waals surface area contributed by atoms with Gasteiger partial charge >= 0.3 is 0 Å². The summed E-state index contributed by atoms with van der Waals surface area (Å²) in [4.78, 5) is 11.4. The Balaban J connectivity index is 1.95. The van der Waals surface area contributed by atoms with Crippen molar-refractivity contribution in [1.82, 2.24) is 0 Å². The number of rotatable bonds is 5. The molecule has 1 aromatic rings. The summed E-state index contributed by atoms with van der Waals surface area (Å²) in [6.45, 7) is 1.61. The Morgan fingerprint density at radius 1 is 1.18 bits per heavy atom. The first kappa shape index (κ1) is 11.9. The Hall–Kier alpha value is -1.55. The Labute approximate surface area is 101 Å². The van der Waals surface area contributed by atoms with E-state index in [1.165, 1.54) is 0 Å². The molecule has 92 valence electrons. The van der Waals surface area contributed by atoms with Crippen molar-refractivity contribution < 1.29 is 14.3 Å². The highest BCUT2D eigenvalue weighted by atomic mass is 16.6. The number of hydrogen-bond acceptors (Lipinski definition) is 4. The van der Waals surface area contributed by atoms with Gasteiger partial charge in [0.1, 0.15) is 19.0 Å². The Morgan fingerprint density at radius 2 is 1.94 bits per heavy atom. The lowest BCUT2D eigenvalue weighted by Crippen LogP contribution is -2.15. The summed E-state index contributed by atoms with van der Waals surface area (Å²) >= 11 is 0. The maximum atomic E-state index is 11.4. The Morgan fingerprint density at radius 3 is 2.71 bits per heavy atom. The molecule has 0 aliphatic carbocycles. The van der Waals surface area contributed by atoms with Gasteiger partial charge in [0.2, 0.25) is 0 Å². The molecule has 0 saturated carbocycles. The van der Waals surface area contributed by atoms with E-state index in [0.29, 0.717) is 32.6 Å². The highest BCUT2D eigenvalue weighted by molar-refractivity contribution is 5.78. The monoisotopic (exact) mass is 235 g/mol. The number of aryl methyl sites for hydroxylation is 1. The summed E-state index contributed by atoms with van der Waals surface area (Å²) in [6, 6.07) is 5.82. The van der Waals surface area contributed by atoms with Crippen LogP contribution in [0.1, 0.15) is 18.4 Å². The average molecular weight is 235 g/mol. The number of carbonyl (C=O) groups is 1. The zero-order valence-corrected chi connectivity index (χ0v) is 9.78. The number of ether oxygens (including phenoxy) is 2. The van der Waals surface area contributed by atoms with Crippen molar-refractivity contribution in [3.63, 3.8) is 0 Å². The second-order valence-electron chi connectivity index (χ2n) is 4.06. The smallest absolute Gasteiger partial charge is 0.161 e. The number of carbonyl (C=O) groups excluding carboxylic acids is 1. The number of nitrogens with two attached hydrogens (primary N) is 1. The molecule has 4 nitrogen and oxygen atoms in total. The first-order valence-electron chi connectivity index (χ1n) is 5.90. The number of ketones is 1. The minimum Gasteiger partial charge on any atom is -0.486 e. The van der Waals surface area contributed by atoms with Gasteiger partial charge in [-0.15, -0.1) is 0 Å². The first-order chi connectivity index (χ1) is 8.29. The quantitative estimate of drug-likeness (QED) is 0.835. The van der Waals surface area contributed by atoms with E-state index < -0.39 is 0 Å². The van der Waals surface area contributed by atoms with Crippen LogP contribution in [0.3, 0.4) is 0 Å². The van der Waals surface area contributed by atoms with Crippen molar-refractivity contribution in [2.24, 2.45) is 5.73 Å². The molecule has 4 heteroatoms. The molecule has 0 aromatic heterocycles. The normalized spacial score (nSPS) is 13.5. The molecule has 0 saturated heterocycles. The van der Waals surface area contributed by atoms with Gasteiger partial charge in [0.25, 0.3) is 0 Å². The largest absolute Gasteiger partial charge is 0.486 e. The maximum Gasteiger partial charge on any atom is 0.161 e. The summed E-state index contributed by atoms with van der Waals surface area (Å²) in [5.41, 5.74) is 6.43. The average Bonchev–Trinajstić information content (AvgIpc) is 2.36. The highest BCUT2D eigenvalue weighted by Crippen LogP contribution is 2.31. The first-order valence-corrected chi connectivity index (χ1v) is 5.90. The van der Waals surface area contributed by atoms with Gasteiger partial charge in [-0.25, -0.2) is 0 Å². The molecular weight excluding hydrogens is 218 g/mol. The zero-order chi connectivity index (χ0) is 12.1. The second-order valence-corrected chi connectivity index (χ2v) is 4.06. The van der Waals surface area contributed by atoms with E-state index in [-0.39, 0.29) is 5.78 Å². The van der Waals surface area contributed by atoms with Crippen LogP contribution in [-0.4, -0.2) is 25.5 Å². The lowest BCUT2D eigenvalue weighted by Gasteiger charge is -2.18. The Bertz CT molecular complexity index is 404. The lowest BCUT2D eigenvalue weighted by atomic mass is 10.1. The van der Waals surface area contributed by atoms with Crippen molar-refractivity contribution in [2.75, 3.05) is 19.8 Å². The molecule has 1 aromatic carbocycles. The van der Waals surface area contributed by atoms with E-state index in [9.17, 15) is 4.79 Å². The van der Waals surface area contributed by atoms with Crippen LogP contribution in [0, 0.1) is 0 Å². The van der Waals surface area contributed by atoms with Crippen molar-refractivity contribution in [2.45, 2.75) is 19.3 Å². The van der Waals surface area contributed by atoms with Crippen LogP contribution in [-0.2, 0) is 11.2 Å². The minimum absolute atomic E-state index is 0.211. The third-order valence-electron chi connectivity index (χ3n) is 2.72. The van der Waals surface area contributed by atoms with E-state index >= 15 is 0 Å². The highest BCUT2D eigenvalue weighted by Gasteiger charge is 2.12. The van der Waals surface area contributed by atoms with Crippen LogP contribution < -0.4 is 15.2 Å². The topological polar surface area (TPSA) is 61.6 Å². The fourth-order valence-corrected chi connectivity index (χ4v) is 1.81. The molecule has 0 bridgehead atoms. The number of fused-ring (bicyclic) bond motifs is 1. The summed E-state index contributed by atoms with van der Waals surface area (Å²) < 4.78 is 10.9. The molecular formula is C13H17NO3. The van der Waals surface area contributed by atoms with Gasteiger partial charge in [-0.3, -0.25) is 4.79 Å². The van der Waals surface area contributed by atoms with Gasteiger partial charge in [0.05, 0.1) is 0 Å². The SMILES string of the molecule is NCCC(=O)CCc1ccc2c(c1)OCCO2. The molecule has 17 heavy (non-hydrogen) atoms. The molecule has 1 heterocycles. The van der Waals surface area contributed by atoms with E-state index in [1.807, 2.05) is 18.2 Å². The minimum atomic E-state index is 0.211. The van der Waals surface area contributed by atoms with Gasteiger partial charge in [0, 0.05) is 12.8 Å². The number of hydrogen-bond donors (Lipinski definition) is 1. The predicted octanol–water partition coefficient (Wildman–Crippen LogP) is 1.31. The van der Waals surface area contributed by atoms with Gasteiger partial charge in [-0.2, -0.15) is 0 Å². The molecule has 0 fully saturated rings. The van der Waals surface area contributed by atoms with Gasteiger partial charge in [-0.1, -0.05) is 6.07 Å². The Kier molecular flexibility index (Phi) is 3.98. The van der Waals surface area contributed by atoms with Crippen LogP contribution in [0.2, 0.25) is 0 Å². The van der Waals surface area contributed by atoms with E-state index in [0.717, 1.165) is 23.5 Å². The summed E-state index contributed by atoms with van der Waals surface area (Å²) in [6.07, 6.45) is 1.73. The summed E-state index contributed by atoms with van der Waals surface area (Å²) in [5, 5.41) is 0. The van der Waals surface area contributed by atoms with E-state index in [2.05, 4.69) is 0 Å². The van der Waals surface area contributed by atoms with E-state index in [1.54, 1.807) is 0 Å². The molecule has 1 aliphatic heterocycles. The fraction of sp³-hybridized carbons (Fsp3) is 0.462. The molecule has 0 radical (unpaired) electrons. The van der Waals surface area contributed by atoms with Crippen LogP contribution in [0.4, 0.5) is 0 Å². The van der Waals surface area contributed by atoms with Crippen molar-refractivity contribution in [3.8, 4) is 11.5 Å². The lowest BCUT2D eigenvalue weighted by molar-refractivity contribution is -0.118. The molecule has 2 N–H and O–H groups in total. The van der Waals surface area contributed by atoms with Crippen LogP contribution >= 0.6 is 0 Å². The van der Waals surface area contributed by atoms with Crippen LogP contribution in [0.25, 0.3) is 0 Å². The second kappa shape index (κ2) is 5.68. The number of Topliss-reactive ketones (excluding diaryl/α,β-unsaturated/α-hetero) is 1. The van der Waals surface area contributed by atoms with Gasteiger partial charge in [0.15, 0.2) is 11.5 Å². The predicted molar refractivity (Wildman–Crippen MR) is 64.4 cm³/mol. The van der Waals surface area contributed by atoms with Gasteiger partial charge in [-0.05, 0) is 30.7 Å². The third kappa shape index (κ3) is 3.20. The summed E-state index contributed by atoms with van der Waals surface area (Å²) in [5.74, 6) is 1.77. The molecule has 0 unspecified atom stereocenters. The van der Waals surface area contributed by atoms with Gasteiger partial charge < -0.3 is 15.2 Å². The molecule has 1 aliphatic rings. The van der Waals surface area contributed by atoms with Crippen molar-refractivity contribution >= 4 is 5.78 Å². The van der Waals surface area contributed by atoms with Crippen LogP contribution in [0.15, 0.2) is 18.2 Å². The molecule has 0 amide bonds. The molecule has 0 atom stereocenters. The third-order valence-corrected chi connectivity index (χ3v) is 2.72. The molecule has 2 rings (SSSR count). The molecule has 0 spiro atoms. The van der Waals surface area contributed by atoms with E-state index in [4.69, 9.17) is 15.2 Å². The standard InChI is InChI=1S/C13H17NO3/c14-6-5-11(15)3-1-10-2-4-12-13(9-10)17-8-7-16-12/h2,4,9H,1,3,5-8,14H2. The van der Waals surface area contributed by atoms with Crippen molar-refractivity contribution in [1.29, 1.82) is 0 Å². The maximum absolute atomic E-state index is 11.4. The summed E-state index contributed by atoms with van der Waals surface area (Å²) in [7, 11) is 0. The fourth-order valence-electron chi connectivity index (χ4n) is 1.81. The number of benzene rings is 1. The van der Waals surface area contributed by atoms with Crippen LogP contribution in [0.5, 0.6) is 11.5 Å². The van der Waals surface area contributed by atoms with Crippen molar-refractivity contribution in [3.05, 3.63) is 23.8 Å². The zero-order valence-electron chi connectivity index (χ0n) is 9.78.